The van der Waals surface area contributed by atoms with Crippen LogP contribution >= 0.6 is 0 Å². The molecule has 0 radical (unpaired) electrons. The van der Waals surface area contributed by atoms with Crippen LogP contribution in [0.3, 0.4) is 0 Å². The minimum Gasteiger partial charge on any atom is -0.508 e. The van der Waals surface area contributed by atoms with Gasteiger partial charge in [0.15, 0.2) is 0 Å². The van der Waals surface area contributed by atoms with Crippen molar-refractivity contribution >= 4 is 0 Å². The maximum Gasteiger partial charge on any atom is 0.115 e. The Labute approximate surface area is 195 Å². The molecule has 2 N–H and O–H groups in total. The third-order valence-electron chi connectivity index (χ3n) is 8.71. The normalized spacial score (nSPS) is 23.8. The summed E-state index contributed by atoms with van der Waals surface area (Å²) in [7, 11) is 0. The second-order valence-corrected chi connectivity index (χ2v) is 10.7. The number of benzene rings is 2. The Bertz CT molecular complexity index is 759. The molecule has 2 nitrogen and oxygen atoms in total. The number of phenolic OH excluding ortho intramolecular Hbond substituents is 2. The van der Waals surface area contributed by atoms with Crippen LogP contribution in [0.5, 0.6) is 11.5 Å². The van der Waals surface area contributed by atoms with Gasteiger partial charge in [-0.15, -0.1) is 0 Å². The van der Waals surface area contributed by atoms with E-state index in [9.17, 15) is 10.2 Å². The predicted molar refractivity (Wildman–Crippen MR) is 133 cm³/mol. The van der Waals surface area contributed by atoms with E-state index < -0.39 is 0 Å². The number of aromatic hydroxyl groups is 2. The summed E-state index contributed by atoms with van der Waals surface area (Å²) in [4.78, 5) is 0. The summed E-state index contributed by atoms with van der Waals surface area (Å²) >= 11 is 0. The third kappa shape index (κ3) is 5.50. The zero-order chi connectivity index (χ0) is 22.4. The second kappa shape index (κ2) is 10.8. The van der Waals surface area contributed by atoms with E-state index >= 15 is 0 Å². The van der Waals surface area contributed by atoms with Gasteiger partial charge in [0.1, 0.15) is 11.5 Å². The summed E-state index contributed by atoms with van der Waals surface area (Å²) in [5.74, 6) is 3.47. The lowest BCUT2D eigenvalue weighted by atomic mass is 9.62. The van der Waals surface area contributed by atoms with Crippen LogP contribution < -0.4 is 0 Å². The second-order valence-electron chi connectivity index (χ2n) is 10.7. The first-order chi connectivity index (χ1) is 15.6. The summed E-state index contributed by atoms with van der Waals surface area (Å²) < 4.78 is 0. The molecule has 174 valence electrons. The largest absolute Gasteiger partial charge is 0.508 e. The molecule has 0 aliphatic heterocycles. The molecule has 2 aromatic rings. The molecule has 0 bridgehead atoms. The van der Waals surface area contributed by atoms with Crippen LogP contribution in [-0.4, -0.2) is 10.2 Å². The lowest BCUT2D eigenvalue weighted by molar-refractivity contribution is 0.209. The van der Waals surface area contributed by atoms with E-state index in [-0.39, 0.29) is 5.41 Å². The smallest absolute Gasteiger partial charge is 0.115 e. The molecule has 0 heterocycles. The third-order valence-corrected chi connectivity index (χ3v) is 8.71. The van der Waals surface area contributed by atoms with E-state index in [1.807, 2.05) is 24.3 Å². The van der Waals surface area contributed by atoms with Gasteiger partial charge in [-0.05, 0) is 78.8 Å². The van der Waals surface area contributed by atoms with Crippen molar-refractivity contribution in [2.45, 2.75) is 95.8 Å². The molecule has 0 spiro atoms. The van der Waals surface area contributed by atoms with Gasteiger partial charge in [-0.1, -0.05) is 89.0 Å². The van der Waals surface area contributed by atoms with Crippen LogP contribution in [0, 0.1) is 17.8 Å². The molecular formula is C30H42O2. The summed E-state index contributed by atoms with van der Waals surface area (Å²) in [6.07, 6.45) is 17.8. The SMILES string of the molecule is CCCCC1CCC(CCC2CCC(c3ccc(O)cc3)(c3ccc(O)cc3)CC2)CC1. The van der Waals surface area contributed by atoms with Crippen LogP contribution in [0.1, 0.15) is 102 Å². The topological polar surface area (TPSA) is 40.5 Å². The monoisotopic (exact) mass is 434 g/mol. The molecule has 2 aliphatic carbocycles. The molecule has 2 aromatic carbocycles. The van der Waals surface area contributed by atoms with E-state index in [2.05, 4.69) is 31.2 Å². The number of hydrogen-bond donors (Lipinski definition) is 2. The fourth-order valence-corrected chi connectivity index (χ4v) is 6.54. The van der Waals surface area contributed by atoms with Gasteiger partial charge in [-0.3, -0.25) is 0 Å². The minimum absolute atomic E-state index is 0.00472. The summed E-state index contributed by atoms with van der Waals surface area (Å²) in [6.45, 7) is 2.31. The van der Waals surface area contributed by atoms with E-state index in [4.69, 9.17) is 0 Å². The summed E-state index contributed by atoms with van der Waals surface area (Å²) in [6, 6.07) is 15.7. The molecule has 2 saturated carbocycles. The molecule has 0 amide bonds. The van der Waals surface area contributed by atoms with Crippen LogP contribution in [0.25, 0.3) is 0 Å². The molecule has 2 fully saturated rings. The maximum absolute atomic E-state index is 9.81. The summed E-state index contributed by atoms with van der Waals surface area (Å²) in [5, 5.41) is 19.6. The number of unbranched alkanes of at least 4 members (excludes halogenated alkanes) is 1. The Hall–Kier alpha value is -1.96. The lowest BCUT2D eigenvalue weighted by Gasteiger charge is -2.42. The predicted octanol–water partition coefficient (Wildman–Crippen LogP) is 8.35. The molecule has 0 aromatic heterocycles. The molecule has 0 saturated heterocycles. The van der Waals surface area contributed by atoms with E-state index in [1.54, 1.807) is 0 Å². The van der Waals surface area contributed by atoms with Crippen molar-refractivity contribution in [3.63, 3.8) is 0 Å². The van der Waals surface area contributed by atoms with Gasteiger partial charge < -0.3 is 10.2 Å². The highest BCUT2D eigenvalue weighted by Gasteiger charge is 2.38. The molecule has 2 aliphatic rings. The lowest BCUT2D eigenvalue weighted by Crippen LogP contribution is -2.33. The molecular weight excluding hydrogens is 392 g/mol. The average Bonchev–Trinajstić information content (AvgIpc) is 2.83. The van der Waals surface area contributed by atoms with Crippen molar-refractivity contribution in [3.05, 3.63) is 59.7 Å². The number of rotatable bonds is 8. The Morgan fingerprint density at radius 2 is 1.03 bits per heavy atom. The maximum atomic E-state index is 9.81. The molecule has 4 rings (SSSR count). The highest BCUT2D eigenvalue weighted by Crippen LogP contribution is 2.48. The molecule has 2 heteroatoms. The van der Waals surface area contributed by atoms with Gasteiger partial charge in [0.25, 0.3) is 0 Å². The number of hydrogen-bond acceptors (Lipinski definition) is 2. The van der Waals surface area contributed by atoms with E-state index in [0.717, 1.165) is 30.6 Å². The quantitative estimate of drug-likeness (QED) is 0.438. The first-order valence-electron chi connectivity index (χ1n) is 13.2. The summed E-state index contributed by atoms with van der Waals surface area (Å²) in [5.41, 5.74) is 2.59. The molecule has 32 heavy (non-hydrogen) atoms. The van der Waals surface area contributed by atoms with Crippen molar-refractivity contribution in [2.75, 3.05) is 0 Å². The Balaban J connectivity index is 1.35. The molecule has 0 atom stereocenters. The molecule has 0 unspecified atom stereocenters. The van der Waals surface area contributed by atoms with Crippen molar-refractivity contribution in [3.8, 4) is 11.5 Å². The zero-order valence-corrected chi connectivity index (χ0v) is 19.9. The Morgan fingerprint density at radius 1 is 0.625 bits per heavy atom. The van der Waals surface area contributed by atoms with Gasteiger partial charge in [0.05, 0.1) is 0 Å². The van der Waals surface area contributed by atoms with Gasteiger partial charge >= 0.3 is 0 Å². The van der Waals surface area contributed by atoms with Crippen molar-refractivity contribution in [2.24, 2.45) is 17.8 Å². The average molecular weight is 435 g/mol. The Morgan fingerprint density at radius 3 is 1.47 bits per heavy atom. The van der Waals surface area contributed by atoms with Crippen LogP contribution in [0.4, 0.5) is 0 Å². The van der Waals surface area contributed by atoms with Gasteiger partial charge in [0.2, 0.25) is 0 Å². The highest BCUT2D eigenvalue weighted by molar-refractivity contribution is 5.43. The van der Waals surface area contributed by atoms with Gasteiger partial charge in [-0.2, -0.15) is 0 Å². The van der Waals surface area contributed by atoms with Crippen LogP contribution in [-0.2, 0) is 5.41 Å². The highest BCUT2D eigenvalue weighted by atomic mass is 16.3. The van der Waals surface area contributed by atoms with Crippen molar-refractivity contribution in [1.29, 1.82) is 0 Å². The zero-order valence-electron chi connectivity index (χ0n) is 19.9. The van der Waals surface area contributed by atoms with Gasteiger partial charge in [-0.25, -0.2) is 0 Å². The standard InChI is InChI=1S/C30H42O2/c1-2-3-4-23-5-7-24(8-6-23)9-10-25-19-21-30(22-20-25,26-11-15-28(31)16-12-26)27-13-17-29(32)18-14-27/h11-18,23-25,31-32H,2-10,19-22H2,1H3. The first-order valence-corrected chi connectivity index (χ1v) is 13.2. The Kier molecular flexibility index (Phi) is 7.81. The van der Waals surface area contributed by atoms with Crippen molar-refractivity contribution in [1.82, 2.24) is 0 Å². The first kappa shape index (κ1) is 23.2. The van der Waals surface area contributed by atoms with Gasteiger partial charge in [0, 0.05) is 5.41 Å². The fourth-order valence-electron chi connectivity index (χ4n) is 6.54. The van der Waals surface area contributed by atoms with E-state index in [0.29, 0.717) is 11.5 Å². The van der Waals surface area contributed by atoms with Crippen molar-refractivity contribution < 1.29 is 10.2 Å². The van der Waals surface area contributed by atoms with E-state index in [1.165, 1.54) is 81.8 Å². The fraction of sp³-hybridized carbons (Fsp3) is 0.600. The van der Waals surface area contributed by atoms with Crippen LogP contribution in [0.15, 0.2) is 48.5 Å². The minimum atomic E-state index is -0.00472. The van der Waals surface area contributed by atoms with Crippen LogP contribution in [0.2, 0.25) is 0 Å². The number of phenols is 2.